The van der Waals surface area contributed by atoms with Crippen LogP contribution in [0.3, 0.4) is 0 Å². The van der Waals surface area contributed by atoms with Crippen molar-refractivity contribution in [2.24, 2.45) is 0 Å². The number of nitrogens with zero attached hydrogens (tertiary/aromatic N) is 1. The minimum atomic E-state index is -0.656. The highest BCUT2D eigenvalue weighted by atomic mass is 19.1. The van der Waals surface area contributed by atoms with Crippen LogP contribution in [0.15, 0.2) is 18.2 Å². The zero-order valence-corrected chi connectivity index (χ0v) is 10.2. The van der Waals surface area contributed by atoms with Crippen LogP contribution < -0.4 is 5.32 Å². The summed E-state index contributed by atoms with van der Waals surface area (Å²) in [5.41, 5.74) is 1.15. The molecule has 0 heterocycles. The molecule has 0 spiro atoms. The van der Waals surface area contributed by atoms with Crippen LogP contribution in [0.2, 0.25) is 0 Å². The Hall–Kier alpha value is -1.89. The highest BCUT2D eigenvalue weighted by Gasteiger charge is 2.22. The molecule has 0 fully saturated rings. The molecule has 1 amide bonds. The quantitative estimate of drug-likeness (QED) is 0.814. The molecule has 4 heteroatoms. The maximum absolute atomic E-state index is 13.1. The second kappa shape index (κ2) is 4.96. The minimum absolute atomic E-state index is 0.245. The summed E-state index contributed by atoms with van der Waals surface area (Å²) in [5, 5.41) is 10.9. The molecular weight excluding hydrogens is 219 g/mol. The monoisotopic (exact) mass is 234 g/mol. The summed E-state index contributed by atoms with van der Waals surface area (Å²) in [6.07, 6.45) is 0. The first kappa shape index (κ1) is 13.2. The summed E-state index contributed by atoms with van der Waals surface area (Å²) in [7, 11) is 0. The van der Waals surface area contributed by atoms with Crippen molar-refractivity contribution in [1.29, 1.82) is 5.26 Å². The second-order valence-corrected chi connectivity index (χ2v) is 4.64. The summed E-state index contributed by atoms with van der Waals surface area (Å²) < 4.78 is 13.1. The average molecular weight is 234 g/mol. The molecule has 3 nitrogen and oxygen atoms in total. The molecule has 0 bridgehead atoms. The minimum Gasteiger partial charge on any atom is -0.343 e. The smallest absolute Gasteiger partial charge is 0.322 e. The van der Waals surface area contributed by atoms with Crippen LogP contribution in [0.25, 0.3) is 0 Å². The van der Waals surface area contributed by atoms with Crippen molar-refractivity contribution in [2.75, 3.05) is 6.54 Å². The number of nitriles is 1. The number of hydrogen-bond acceptors (Lipinski definition) is 2. The number of hydrogen-bond donors (Lipinski definition) is 1. The van der Waals surface area contributed by atoms with E-state index in [2.05, 4.69) is 5.32 Å². The maximum atomic E-state index is 13.1. The van der Waals surface area contributed by atoms with E-state index in [-0.39, 0.29) is 11.2 Å². The van der Waals surface area contributed by atoms with Gasteiger partial charge in [-0.25, -0.2) is 4.39 Å². The molecule has 1 aromatic carbocycles. The molecule has 0 saturated carbocycles. The third-order valence-corrected chi connectivity index (χ3v) is 2.73. The fourth-order valence-electron chi connectivity index (χ4n) is 1.51. The molecule has 0 aliphatic heterocycles. The van der Waals surface area contributed by atoms with Crippen molar-refractivity contribution < 1.29 is 9.18 Å². The van der Waals surface area contributed by atoms with Gasteiger partial charge in [0, 0.05) is 12.0 Å². The lowest BCUT2D eigenvalue weighted by Gasteiger charge is -2.25. The third kappa shape index (κ3) is 3.28. The third-order valence-electron chi connectivity index (χ3n) is 2.73. The van der Waals surface area contributed by atoms with Crippen molar-refractivity contribution in [1.82, 2.24) is 5.32 Å². The van der Waals surface area contributed by atoms with Gasteiger partial charge in [0.15, 0.2) is 6.07 Å². The Morgan fingerprint density at radius 3 is 2.71 bits per heavy atom. The Balaban J connectivity index is 2.86. The van der Waals surface area contributed by atoms with E-state index >= 15 is 0 Å². The van der Waals surface area contributed by atoms with Crippen LogP contribution in [-0.4, -0.2) is 12.5 Å². The zero-order chi connectivity index (χ0) is 13.1. The molecule has 0 aliphatic carbocycles. The van der Waals surface area contributed by atoms with Gasteiger partial charge in [-0.3, -0.25) is 4.79 Å². The number of amides is 1. The lowest BCUT2D eigenvalue weighted by molar-refractivity contribution is -0.116. The number of benzene rings is 1. The number of nitrogens with one attached hydrogen (secondary N) is 1. The predicted molar refractivity (Wildman–Crippen MR) is 62.8 cm³/mol. The van der Waals surface area contributed by atoms with Crippen molar-refractivity contribution in [3.8, 4) is 6.07 Å². The fraction of sp³-hybridized carbons (Fsp3) is 0.385. The first-order valence-electron chi connectivity index (χ1n) is 5.31. The highest BCUT2D eigenvalue weighted by molar-refractivity contribution is 5.91. The molecule has 0 saturated heterocycles. The average Bonchev–Trinajstić information content (AvgIpc) is 2.29. The number of carbonyl (C=O) groups is 1. The molecule has 17 heavy (non-hydrogen) atoms. The van der Waals surface area contributed by atoms with Gasteiger partial charge < -0.3 is 5.32 Å². The van der Waals surface area contributed by atoms with Crippen molar-refractivity contribution in [3.63, 3.8) is 0 Å². The van der Waals surface area contributed by atoms with E-state index in [1.165, 1.54) is 12.1 Å². The van der Waals surface area contributed by atoms with Crippen molar-refractivity contribution in [3.05, 3.63) is 35.1 Å². The summed E-state index contributed by atoms with van der Waals surface area (Å²) in [6, 6.07) is 6.37. The van der Waals surface area contributed by atoms with Crippen LogP contribution in [0.1, 0.15) is 25.0 Å². The van der Waals surface area contributed by atoms with Gasteiger partial charge in [0.1, 0.15) is 5.82 Å². The molecule has 0 atom stereocenters. The summed E-state index contributed by atoms with van der Waals surface area (Å²) >= 11 is 0. The van der Waals surface area contributed by atoms with Gasteiger partial charge >= 0.3 is 5.91 Å². The first-order chi connectivity index (χ1) is 7.86. The van der Waals surface area contributed by atoms with E-state index in [0.717, 1.165) is 5.56 Å². The number of carbonyl (C=O) groups excluding carboxylic acids is 1. The van der Waals surface area contributed by atoms with E-state index in [4.69, 9.17) is 5.26 Å². The maximum Gasteiger partial charge on any atom is 0.322 e. The number of rotatable bonds is 3. The van der Waals surface area contributed by atoms with Crippen LogP contribution in [-0.2, 0) is 10.2 Å². The largest absolute Gasteiger partial charge is 0.343 e. The van der Waals surface area contributed by atoms with Gasteiger partial charge in [-0.05, 0) is 24.1 Å². The Morgan fingerprint density at radius 2 is 2.18 bits per heavy atom. The van der Waals surface area contributed by atoms with Crippen LogP contribution >= 0.6 is 0 Å². The van der Waals surface area contributed by atoms with E-state index in [0.29, 0.717) is 12.1 Å². The topological polar surface area (TPSA) is 52.9 Å². The van der Waals surface area contributed by atoms with Gasteiger partial charge in [0.2, 0.25) is 0 Å². The molecule has 0 aromatic heterocycles. The Morgan fingerprint density at radius 1 is 1.53 bits per heavy atom. The Kier molecular flexibility index (Phi) is 3.84. The molecule has 1 aromatic rings. The number of aryl methyl sites for hydroxylation is 1. The van der Waals surface area contributed by atoms with E-state index < -0.39 is 5.91 Å². The molecule has 1 rings (SSSR count). The van der Waals surface area contributed by atoms with Gasteiger partial charge in [-0.2, -0.15) is 5.26 Å². The second-order valence-electron chi connectivity index (χ2n) is 4.64. The van der Waals surface area contributed by atoms with Crippen LogP contribution in [0.5, 0.6) is 0 Å². The predicted octanol–water partition coefficient (Wildman–Crippen LogP) is 2.05. The lowest BCUT2D eigenvalue weighted by Crippen LogP contribution is -2.36. The molecule has 90 valence electrons. The molecule has 0 unspecified atom stereocenters. The summed E-state index contributed by atoms with van der Waals surface area (Å²) in [4.78, 5) is 10.9. The highest BCUT2D eigenvalue weighted by Crippen LogP contribution is 2.24. The normalized spacial score (nSPS) is 10.8. The van der Waals surface area contributed by atoms with E-state index in [9.17, 15) is 9.18 Å². The lowest BCUT2D eigenvalue weighted by atomic mass is 9.84. The first-order valence-corrected chi connectivity index (χ1v) is 5.31. The SMILES string of the molecule is Cc1cc(C(C)(C)CNC(=O)C#N)ccc1F. The van der Waals surface area contributed by atoms with Crippen LogP contribution in [0.4, 0.5) is 4.39 Å². The van der Waals surface area contributed by atoms with Crippen molar-refractivity contribution in [2.45, 2.75) is 26.2 Å². The molecule has 0 aliphatic rings. The standard InChI is InChI=1S/C13H15FN2O/c1-9-6-10(4-5-11(9)14)13(2,3)8-16-12(17)7-15/h4-6H,8H2,1-3H3,(H,16,17). The van der Waals surface area contributed by atoms with Gasteiger partial charge in [0.05, 0.1) is 0 Å². The van der Waals surface area contributed by atoms with E-state index in [1.54, 1.807) is 19.1 Å². The van der Waals surface area contributed by atoms with Gasteiger partial charge in [0.25, 0.3) is 0 Å². The Bertz CT molecular complexity index is 475. The zero-order valence-electron chi connectivity index (χ0n) is 10.2. The number of halogens is 1. The summed E-state index contributed by atoms with van der Waals surface area (Å²) in [6.45, 7) is 5.89. The van der Waals surface area contributed by atoms with Crippen molar-refractivity contribution >= 4 is 5.91 Å². The Labute approximate surface area is 100 Å². The molecular formula is C13H15FN2O. The van der Waals surface area contributed by atoms with Gasteiger partial charge in [-0.15, -0.1) is 0 Å². The van der Waals surface area contributed by atoms with Crippen LogP contribution in [0, 0.1) is 24.1 Å². The molecule has 1 N–H and O–H groups in total. The summed E-state index contributed by atoms with van der Waals surface area (Å²) in [5.74, 6) is -0.900. The van der Waals surface area contributed by atoms with Gasteiger partial charge in [-0.1, -0.05) is 26.0 Å². The van der Waals surface area contributed by atoms with E-state index in [1.807, 2.05) is 13.8 Å². The fourth-order valence-corrected chi connectivity index (χ4v) is 1.51. The molecule has 0 radical (unpaired) electrons.